The third kappa shape index (κ3) is 5.27. The van der Waals surface area contributed by atoms with Gasteiger partial charge in [-0.1, -0.05) is 48.0 Å². The van der Waals surface area contributed by atoms with Crippen LogP contribution in [0.15, 0.2) is 94.7 Å². The van der Waals surface area contributed by atoms with E-state index in [1.807, 2.05) is 17.0 Å². The standard InChI is InChI=1S/C33H30ClN3O3S/c1-22-7-8-23(2)28(19-22)35-15-17-36(18-16-35)32(38)25-11-14-31-29(20-25)37(21-24-9-12-26(34)13-10-24)33(39)27-5-3-4-6-30(27)41(31)40/h3-14,19-20H,15-18,21H2,1-2H3/t41-/m1/s1. The highest BCUT2D eigenvalue weighted by molar-refractivity contribution is 7.85. The quantitative estimate of drug-likeness (QED) is 0.285. The van der Waals surface area contributed by atoms with Crippen LogP contribution < -0.4 is 9.80 Å². The number of nitrogens with zero attached hydrogens (tertiary/aromatic N) is 3. The highest BCUT2D eigenvalue weighted by atomic mass is 35.5. The molecule has 1 saturated heterocycles. The van der Waals surface area contributed by atoms with Gasteiger partial charge in [0.05, 0.1) is 38.4 Å². The molecule has 0 unspecified atom stereocenters. The van der Waals surface area contributed by atoms with Crippen molar-refractivity contribution in [3.05, 3.63) is 118 Å². The molecule has 6 nitrogen and oxygen atoms in total. The number of anilines is 2. The predicted molar refractivity (Wildman–Crippen MR) is 164 cm³/mol. The van der Waals surface area contributed by atoms with Gasteiger partial charge in [0.2, 0.25) is 0 Å². The monoisotopic (exact) mass is 583 g/mol. The highest BCUT2D eigenvalue weighted by Gasteiger charge is 2.32. The second kappa shape index (κ2) is 11.1. The molecule has 4 aromatic rings. The van der Waals surface area contributed by atoms with E-state index in [1.165, 1.54) is 16.8 Å². The van der Waals surface area contributed by atoms with Crippen molar-refractivity contribution in [2.45, 2.75) is 30.2 Å². The van der Waals surface area contributed by atoms with E-state index in [2.05, 4.69) is 36.9 Å². The number of hydrogen-bond donors (Lipinski definition) is 0. The summed E-state index contributed by atoms with van der Waals surface area (Å²) in [6.07, 6.45) is 0. The minimum Gasteiger partial charge on any atom is -0.368 e. The lowest BCUT2D eigenvalue weighted by Gasteiger charge is -2.37. The van der Waals surface area contributed by atoms with E-state index in [0.717, 1.165) is 18.7 Å². The summed E-state index contributed by atoms with van der Waals surface area (Å²) in [7, 11) is -1.58. The van der Waals surface area contributed by atoms with Crippen LogP contribution in [0.25, 0.3) is 0 Å². The van der Waals surface area contributed by atoms with Crippen molar-refractivity contribution >= 4 is 45.6 Å². The van der Waals surface area contributed by atoms with Crippen LogP contribution >= 0.6 is 11.6 Å². The van der Waals surface area contributed by atoms with Crippen LogP contribution in [-0.4, -0.2) is 47.1 Å². The molecular weight excluding hydrogens is 554 g/mol. The highest BCUT2D eigenvalue weighted by Crippen LogP contribution is 2.36. The first-order valence-corrected chi connectivity index (χ1v) is 15.2. The molecule has 0 radical (unpaired) electrons. The molecule has 1 fully saturated rings. The van der Waals surface area contributed by atoms with E-state index in [4.69, 9.17) is 11.6 Å². The van der Waals surface area contributed by atoms with Crippen molar-refractivity contribution in [1.29, 1.82) is 0 Å². The fourth-order valence-electron chi connectivity index (χ4n) is 5.52. The number of halogens is 1. The van der Waals surface area contributed by atoms with Crippen molar-refractivity contribution in [2.75, 3.05) is 36.0 Å². The van der Waals surface area contributed by atoms with Crippen molar-refractivity contribution in [1.82, 2.24) is 4.90 Å². The SMILES string of the molecule is Cc1ccc(C)c(N2CCN(C(=O)c3ccc4c(c3)N(Cc3ccc(Cl)cc3)C(=O)c3ccccc3[S@]4=O)CC2)c1. The molecule has 2 aliphatic heterocycles. The van der Waals surface area contributed by atoms with Crippen LogP contribution in [0.5, 0.6) is 0 Å². The number of rotatable bonds is 4. The Morgan fingerprint density at radius 1 is 0.829 bits per heavy atom. The second-order valence-corrected chi connectivity index (χ2v) is 12.4. The van der Waals surface area contributed by atoms with Gasteiger partial charge in [-0.3, -0.25) is 9.59 Å². The molecule has 0 N–H and O–H groups in total. The summed E-state index contributed by atoms with van der Waals surface area (Å²) >= 11 is 6.10. The Balaban J connectivity index is 1.31. The summed E-state index contributed by atoms with van der Waals surface area (Å²) in [5.41, 5.74) is 5.87. The summed E-state index contributed by atoms with van der Waals surface area (Å²) in [6, 6.07) is 25.9. The molecule has 0 aromatic heterocycles. The number of hydrogen-bond acceptors (Lipinski definition) is 4. The molecular formula is C33H30ClN3O3S. The maximum Gasteiger partial charge on any atom is 0.259 e. The lowest BCUT2D eigenvalue weighted by atomic mass is 10.1. The number of fused-ring (bicyclic) bond motifs is 2. The third-order valence-corrected chi connectivity index (χ3v) is 9.54. The van der Waals surface area contributed by atoms with Gasteiger partial charge in [-0.25, -0.2) is 4.21 Å². The normalized spacial score (nSPS) is 16.7. The van der Waals surface area contributed by atoms with Crippen LogP contribution in [-0.2, 0) is 17.3 Å². The van der Waals surface area contributed by atoms with Gasteiger partial charge in [0.15, 0.2) is 0 Å². The van der Waals surface area contributed by atoms with E-state index in [1.54, 1.807) is 59.5 Å². The fourth-order valence-corrected chi connectivity index (χ4v) is 6.99. The summed E-state index contributed by atoms with van der Waals surface area (Å²) in [5, 5.41) is 0.605. The molecule has 2 aliphatic rings. The maximum absolute atomic E-state index is 13.9. The number of benzene rings is 4. The molecule has 4 aromatic carbocycles. The molecule has 6 rings (SSSR count). The minimum absolute atomic E-state index is 0.0974. The predicted octanol–water partition coefficient (Wildman–Crippen LogP) is 6.25. The van der Waals surface area contributed by atoms with Gasteiger partial charge in [0, 0.05) is 42.5 Å². The second-order valence-electron chi connectivity index (χ2n) is 10.5. The molecule has 2 heterocycles. The Labute approximate surface area is 247 Å². The fraction of sp³-hybridized carbons (Fsp3) is 0.212. The van der Waals surface area contributed by atoms with Crippen LogP contribution in [0, 0.1) is 13.8 Å². The maximum atomic E-state index is 13.9. The molecule has 0 bridgehead atoms. The molecule has 208 valence electrons. The Bertz CT molecular complexity index is 1680. The summed E-state index contributed by atoms with van der Waals surface area (Å²) in [4.78, 5) is 34.4. The number of carbonyl (C=O) groups is 2. The Morgan fingerprint density at radius 2 is 1.56 bits per heavy atom. The first-order valence-electron chi connectivity index (χ1n) is 13.6. The summed E-state index contributed by atoms with van der Waals surface area (Å²) in [5.74, 6) is -0.353. The number of amides is 2. The zero-order chi connectivity index (χ0) is 28.7. The number of aryl methyl sites for hydroxylation is 2. The molecule has 8 heteroatoms. The van der Waals surface area contributed by atoms with Gasteiger partial charge < -0.3 is 14.7 Å². The van der Waals surface area contributed by atoms with Crippen LogP contribution in [0.3, 0.4) is 0 Å². The van der Waals surface area contributed by atoms with Crippen molar-refractivity contribution in [3.63, 3.8) is 0 Å². The average Bonchev–Trinajstić information content (AvgIpc) is 3.08. The van der Waals surface area contributed by atoms with E-state index in [-0.39, 0.29) is 18.4 Å². The summed E-state index contributed by atoms with van der Waals surface area (Å²) < 4.78 is 13.7. The Kier molecular flexibility index (Phi) is 7.41. The van der Waals surface area contributed by atoms with Crippen LogP contribution in [0.2, 0.25) is 5.02 Å². The molecule has 2 amide bonds. The van der Waals surface area contributed by atoms with E-state index in [0.29, 0.717) is 44.7 Å². The van der Waals surface area contributed by atoms with Crippen molar-refractivity contribution in [3.8, 4) is 0 Å². The van der Waals surface area contributed by atoms with Gasteiger partial charge in [-0.2, -0.15) is 0 Å². The first kappa shape index (κ1) is 27.2. The number of piperazine rings is 1. The van der Waals surface area contributed by atoms with E-state index < -0.39 is 10.8 Å². The molecule has 0 aliphatic carbocycles. The molecule has 41 heavy (non-hydrogen) atoms. The zero-order valence-corrected chi connectivity index (χ0v) is 24.5. The van der Waals surface area contributed by atoms with Crippen molar-refractivity contribution in [2.24, 2.45) is 0 Å². The Hall–Kier alpha value is -3.94. The smallest absolute Gasteiger partial charge is 0.259 e. The average molecular weight is 584 g/mol. The summed E-state index contributed by atoms with van der Waals surface area (Å²) in [6.45, 7) is 7.11. The number of carbonyl (C=O) groups excluding carboxylic acids is 2. The van der Waals surface area contributed by atoms with Gasteiger partial charge in [0.1, 0.15) is 0 Å². The molecule has 0 spiro atoms. The largest absolute Gasteiger partial charge is 0.368 e. The molecule has 0 saturated carbocycles. The van der Waals surface area contributed by atoms with E-state index in [9.17, 15) is 13.8 Å². The van der Waals surface area contributed by atoms with Gasteiger partial charge in [-0.15, -0.1) is 0 Å². The zero-order valence-electron chi connectivity index (χ0n) is 23.0. The first-order chi connectivity index (χ1) is 19.8. The Morgan fingerprint density at radius 3 is 2.32 bits per heavy atom. The minimum atomic E-state index is -1.58. The lowest BCUT2D eigenvalue weighted by molar-refractivity contribution is 0.0746. The van der Waals surface area contributed by atoms with Gasteiger partial charge in [-0.05, 0) is 79.1 Å². The van der Waals surface area contributed by atoms with Crippen molar-refractivity contribution < 1.29 is 13.8 Å². The van der Waals surface area contributed by atoms with Crippen LogP contribution in [0.1, 0.15) is 37.4 Å². The van der Waals surface area contributed by atoms with E-state index >= 15 is 0 Å². The lowest BCUT2D eigenvalue weighted by Crippen LogP contribution is -2.49. The molecule has 1 atom stereocenters. The van der Waals surface area contributed by atoms with Gasteiger partial charge >= 0.3 is 0 Å². The van der Waals surface area contributed by atoms with Gasteiger partial charge in [0.25, 0.3) is 11.8 Å². The third-order valence-electron chi connectivity index (χ3n) is 7.78. The topological polar surface area (TPSA) is 60.9 Å². The van der Waals surface area contributed by atoms with Crippen LogP contribution in [0.4, 0.5) is 11.4 Å².